The number of benzene rings is 1. The van der Waals surface area contributed by atoms with E-state index in [9.17, 15) is 9.90 Å². The van der Waals surface area contributed by atoms with Crippen LogP contribution < -0.4 is 10.1 Å². The van der Waals surface area contributed by atoms with Gasteiger partial charge in [-0.05, 0) is 38.0 Å². The lowest BCUT2D eigenvalue weighted by molar-refractivity contribution is 0.0891. The van der Waals surface area contributed by atoms with E-state index < -0.39 is 0 Å². The van der Waals surface area contributed by atoms with E-state index in [4.69, 9.17) is 9.15 Å². The van der Waals surface area contributed by atoms with Gasteiger partial charge in [-0.25, -0.2) is 0 Å². The summed E-state index contributed by atoms with van der Waals surface area (Å²) in [6, 6.07) is 5.48. The molecule has 2 aromatic rings. The Morgan fingerprint density at radius 1 is 1.45 bits per heavy atom. The van der Waals surface area contributed by atoms with E-state index in [0.717, 1.165) is 36.0 Å². The fraction of sp³-hybridized carbons (Fsp3) is 0.471. The molecule has 5 heteroatoms. The molecule has 1 aromatic heterocycles. The highest BCUT2D eigenvalue weighted by molar-refractivity contribution is 5.99. The molecule has 0 saturated heterocycles. The zero-order valence-corrected chi connectivity index (χ0v) is 12.9. The van der Waals surface area contributed by atoms with Crippen molar-refractivity contribution in [1.29, 1.82) is 0 Å². The van der Waals surface area contributed by atoms with Crippen LogP contribution in [-0.4, -0.2) is 30.8 Å². The van der Waals surface area contributed by atoms with Crippen molar-refractivity contribution >= 4 is 16.9 Å². The number of aliphatic hydroxyl groups excluding tert-OH is 1. The highest BCUT2D eigenvalue weighted by atomic mass is 16.5. The summed E-state index contributed by atoms with van der Waals surface area (Å²) >= 11 is 0. The molecule has 0 spiro atoms. The van der Waals surface area contributed by atoms with Crippen molar-refractivity contribution < 1.29 is 19.1 Å². The summed E-state index contributed by atoms with van der Waals surface area (Å²) in [5.41, 5.74) is 1.47. The van der Waals surface area contributed by atoms with Crippen molar-refractivity contribution in [3.8, 4) is 5.75 Å². The minimum absolute atomic E-state index is 0.147. The van der Waals surface area contributed by atoms with Crippen LogP contribution in [-0.2, 0) is 0 Å². The molecule has 22 heavy (non-hydrogen) atoms. The predicted octanol–water partition coefficient (Wildman–Crippen LogP) is 2.64. The van der Waals surface area contributed by atoms with Gasteiger partial charge >= 0.3 is 0 Å². The van der Waals surface area contributed by atoms with E-state index in [-0.39, 0.29) is 17.9 Å². The maximum atomic E-state index is 12.3. The summed E-state index contributed by atoms with van der Waals surface area (Å²) in [4.78, 5) is 12.3. The summed E-state index contributed by atoms with van der Waals surface area (Å²) in [6.07, 6.45) is 2.49. The molecule has 1 saturated carbocycles. The van der Waals surface area contributed by atoms with E-state index in [2.05, 4.69) is 5.32 Å². The predicted molar refractivity (Wildman–Crippen MR) is 83.2 cm³/mol. The minimum atomic E-state index is -0.304. The smallest absolute Gasteiger partial charge is 0.287 e. The highest BCUT2D eigenvalue weighted by Gasteiger charge is 2.26. The lowest BCUT2D eigenvalue weighted by atomic mass is 10.1. The maximum Gasteiger partial charge on any atom is 0.287 e. The molecule has 1 amide bonds. The van der Waals surface area contributed by atoms with Crippen LogP contribution in [0.25, 0.3) is 11.0 Å². The molecule has 118 valence electrons. The number of aryl methyl sites for hydroxylation is 1. The highest BCUT2D eigenvalue weighted by Crippen LogP contribution is 2.29. The van der Waals surface area contributed by atoms with E-state index in [1.165, 1.54) is 0 Å². The second kappa shape index (κ2) is 6.01. The lowest BCUT2D eigenvalue weighted by Crippen LogP contribution is -2.32. The normalized spacial score (nSPS) is 21.2. The van der Waals surface area contributed by atoms with E-state index in [0.29, 0.717) is 17.9 Å². The number of carbonyl (C=O) groups excluding carboxylic acids is 1. The minimum Gasteiger partial charge on any atom is -0.497 e. The van der Waals surface area contributed by atoms with Gasteiger partial charge in [-0.2, -0.15) is 0 Å². The third-order valence-electron chi connectivity index (χ3n) is 4.49. The first-order valence-corrected chi connectivity index (χ1v) is 7.63. The van der Waals surface area contributed by atoms with Crippen LogP contribution in [0.2, 0.25) is 0 Å². The second-order valence-electron chi connectivity index (χ2n) is 5.89. The number of nitrogens with one attached hydrogen (secondary N) is 1. The summed E-state index contributed by atoms with van der Waals surface area (Å²) in [6.45, 7) is 2.35. The van der Waals surface area contributed by atoms with E-state index in [1.807, 2.05) is 19.1 Å². The number of rotatable bonds is 4. The Bertz CT molecular complexity index is 691. The number of amides is 1. The Balaban J connectivity index is 1.77. The van der Waals surface area contributed by atoms with Crippen molar-refractivity contribution in [1.82, 2.24) is 5.32 Å². The molecule has 1 aliphatic carbocycles. The third-order valence-corrected chi connectivity index (χ3v) is 4.49. The van der Waals surface area contributed by atoms with Crippen molar-refractivity contribution in [2.45, 2.75) is 32.3 Å². The fourth-order valence-electron chi connectivity index (χ4n) is 3.10. The molecule has 1 heterocycles. The van der Waals surface area contributed by atoms with Crippen LogP contribution in [0.3, 0.4) is 0 Å². The van der Waals surface area contributed by atoms with Crippen molar-refractivity contribution in [2.75, 3.05) is 13.7 Å². The van der Waals surface area contributed by atoms with Crippen LogP contribution >= 0.6 is 0 Å². The molecule has 2 atom stereocenters. The number of hydrogen-bond donors (Lipinski definition) is 2. The first kappa shape index (κ1) is 14.9. The van der Waals surface area contributed by atoms with Gasteiger partial charge in [-0.1, -0.05) is 6.42 Å². The van der Waals surface area contributed by atoms with Crippen LogP contribution in [0.4, 0.5) is 0 Å². The van der Waals surface area contributed by atoms with E-state index in [1.54, 1.807) is 13.2 Å². The summed E-state index contributed by atoms with van der Waals surface area (Å²) in [5, 5.41) is 13.6. The van der Waals surface area contributed by atoms with E-state index >= 15 is 0 Å². The average molecular weight is 303 g/mol. The van der Waals surface area contributed by atoms with Gasteiger partial charge in [0.2, 0.25) is 0 Å². The number of aliphatic hydroxyl groups is 1. The van der Waals surface area contributed by atoms with Gasteiger partial charge in [0.25, 0.3) is 5.91 Å². The van der Waals surface area contributed by atoms with Crippen LogP contribution in [0.5, 0.6) is 5.75 Å². The summed E-state index contributed by atoms with van der Waals surface area (Å²) < 4.78 is 10.9. The van der Waals surface area contributed by atoms with Crippen molar-refractivity contribution in [3.05, 3.63) is 29.5 Å². The molecule has 5 nitrogen and oxygen atoms in total. The zero-order valence-electron chi connectivity index (χ0n) is 12.9. The molecular formula is C17H21NO4. The Hall–Kier alpha value is -2.01. The molecule has 3 rings (SSSR count). The number of carbonyl (C=O) groups is 1. The Morgan fingerprint density at radius 3 is 2.95 bits per heavy atom. The van der Waals surface area contributed by atoms with Crippen LogP contribution in [0.15, 0.2) is 22.6 Å². The van der Waals surface area contributed by atoms with Gasteiger partial charge in [0.15, 0.2) is 5.76 Å². The number of furan rings is 1. The third kappa shape index (κ3) is 2.68. The molecule has 0 bridgehead atoms. The standard InChI is InChI=1S/C17H21NO4/c1-10-13-8-12(21-2)6-7-15(13)22-16(10)17(20)18-9-11-4-3-5-14(11)19/h6-8,11,14,19H,3-5,9H2,1-2H3,(H,18,20). The van der Waals surface area contributed by atoms with Gasteiger partial charge in [0, 0.05) is 23.4 Å². The number of hydrogen-bond acceptors (Lipinski definition) is 4. The first-order chi connectivity index (χ1) is 10.6. The van der Waals surface area contributed by atoms with Crippen molar-refractivity contribution in [2.24, 2.45) is 5.92 Å². The topological polar surface area (TPSA) is 71.7 Å². The fourth-order valence-corrected chi connectivity index (χ4v) is 3.10. The van der Waals surface area contributed by atoms with Gasteiger partial charge in [0.05, 0.1) is 13.2 Å². The number of ether oxygens (including phenoxy) is 1. The number of methoxy groups -OCH3 is 1. The summed E-state index contributed by atoms with van der Waals surface area (Å²) in [7, 11) is 1.61. The molecule has 1 fully saturated rings. The maximum absolute atomic E-state index is 12.3. The lowest BCUT2D eigenvalue weighted by Gasteiger charge is -2.14. The van der Waals surface area contributed by atoms with Crippen LogP contribution in [0, 0.1) is 12.8 Å². The monoisotopic (exact) mass is 303 g/mol. The zero-order chi connectivity index (χ0) is 15.7. The molecular weight excluding hydrogens is 282 g/mol. The largest absolute Gasteiger partial charge is 0.497 e. The first-order valence-electron chi connectivity index (χ1n) is 7.63. The number of fused-ring (bicyclic) bond motifs is 1. The molecule has 1 aromatic carbocycles. The summed E-state index contributed by atoms with van der Waals surface area (Å²) in [5.74, 6) is 0.980. The van der Waals surface area contributed by atoms with Crippen LogP contribution in [0.1, 0.15) is 35.4 Å². The quantitative estimate of drug-likeness (QED) is 0.911. The second-order valence-corrected chi connectivity index (χ2v) is 5.89. The van der Waals surface area contributed by atoms with Gasteiger partial charge < -0.3 is 19.6 Å². The SMILES string of the molecule is COc1ccc2oc(C(=O)NCC3CCCC3O)c(C)c2c1. The van der Waals surface area contributed by atoms with Gasteiger partial charge in [0.1, 0.15) is 11.3 Å². The molecule has 2 unspecified atom stereocenters. The Labute approximate surface area is 129 Å². The Kier molecular flexibility index (Phi) is 4.07. The van der Waals surface area contributed by atoms with Gasteiger partial charge in [-0.15, -0.1) is 0 Å². The molecule has 1 aliphatic rings. The molecule has 0 radical (unpaired) electrons. The average Bonchev–Trinajstić information content (AvgIpc) is 3.08. The van der Waals surface area contributed by atoms with Gasteiger partial charge in [-0.3, -0.25) is 4.79 Å². The van der Waals surface area contributed by atoms with Crippen molar-refractivity contribution in [3.63, 3.8) is 0 Å². The Morgan fingerprint density at radius 2 is 2.27 bits per heavy atom. The molecule has 2 N–H and O–H groups in total. The molecule has 0 aliphatic heterocycles.